The molecule has 1 heterocycles. The third kappa shape index (κ3) is 3.04. The van der Waals surface area contributed by atoms with Gasteiger partial charge in [-0.25, -0.2) is 0 Å². The van der Waals surface area contributed by atoms with Crippen LogP contribution in [0, 0.1) is 11.3 Å². The average Bonchev–Trinajstić information content (AvgIpc) is 3.22. The number of nitrogens with two attached hydrogens (primary N) is 1. The standard InChI is InChI=1S/C14H27N3O/c1-3-14(2,11-15)13(18)17-8-6-16(7-9-17)10-12-4-5-12/h12H,3-11,15H2,1-2H3. The molecule has 1 saturated carbocycles. The van der Waals surface area contributed by atoms with Gasteiger partial charge in [-0.05, 0) is 32.1 Å². The molecule has 0 aromatic rings. The van der Waals surface area contributed by atoms with Crippen LogP contribution < -0.4 is 5.73 Å². The predicted octanol–water partition coefficient (Wildman–Crippen LogP) is 0.916. The second-order valence-corrected chi connectivity index (χ2v) is 6.15. The van der Waals surface area contributed by atoms with Crippen LogP contribution in [0.2, 0.25) is 0 Å². The van der Waals surface area contributed by atoms with Gasteiger partial charge < -0.3 is 10.6 Å². The predicted molar refractivity (Wildman–Crippen MR) is 73.2 cm³/mol. The molecule has 1 amide bonds. The number of carbonyl (C=O) groups is 1. The first-order valence-corrected chi connectivity index (χ1v) is 7.31. The first-order chi connectivity index (χ1) is 8.59. The Morgan fingerprint density at radius 1 is 1.28 bits per heavy atom. The fraction of sp³-hybridized carbons (Fsp3) is 0.929. The molecular weight excluding hydrogens is 226 g/mol. The van der Waals surface area contributed by atoms with Crippen LogP contribution in [-0.2, 0) is 4.79 Å². The molecule has 1 aliphatic heterocycles. The fourth-order valence-electron chi connectivity index (χ4n) is 2.56. The molecule has 2 rings (SSSR count). The summed E-state index contributed by atoms with van der Waals surface area (Å²) < 4.78 is 0. The van der Waals surface area contributed by atoms with E-state index in [1.54, 1.807) is 0 Å². The Hall–Kier alpha value is -0.610. The minimum atomic E-state index is -0.362. The van der Waals surface area contributed by atoms with Crippen LogP contribution in [0.5, 0.6) is 0 Å². The lowest BCUT2D eigenvalue weighted by Gasteiger charge is -2.39. The van der Waals surface area contributed by atoms with Crippen molar-refractivity contribution in [2.45, 2.75) is 33.1 Å². The summed E-state index contributed by atoms with van der Waals surface area (Å²) in [5.74, 6) is 1.19. The quantitative estimate of drug-likeness (QED) is 0.792. The zero-order chi connectivity index (χ0) is 13.2. The van der Waals surface area contributed by atoms with E-state index in [1.165, 1.54) is 19.4 Å². The highest BCUT2D eigenvalue weighted by Crippen LogP contribution is 2.30. The van der Waals surface area contributed by atoms with Crippen LogP contribution in [0.15, 0.2) is 0 Å². The highest BCUT2D eigenvalue weighted by atomic mass is 16.2. The second-order valence-electron chi connectivity index (χ2n) is 6.15. The first kappa shape index (κ1) is 13.8. The first-order valence-electron chi connectivity index (χ1n) is 7.31. The second kappa shape index (κ2) is 5.57. The molecule has 1 saturated heterocycles. The van der Waals surface area contributed by atoms with E-state index in [0.717, 1.165) is 38.5 Å². The number of hydrogen-bond donors (Lipinski definition) is 1. The molecule has 0 aromatic heterocycles. The Labute approximate surface area is 110 Å². The van der Waals surface area contributed by atoms with Gasteiger partial charge in [0, 0.05) is 39.3 Å². The lowest BCUT2D eigenvalue weighted by Crippen LogP contribution is -2.54. The van der Waals surface area contributed by atoms with Crippen LogP contribution >= 0.6 is 0 Å². The van der Waals surface area contributed by atoms with Gasteiger partial charge in [-0.3, -0.25) is 9.69 Å². The lowest BCUT2D eigenvalue weighted by atomic mass is 9.86. The van der Waals surface area contributed by atoms with E-state index in [1.807, 2.05) is 18.7 Å². The van der Waals surface area contributed by atoms with Gasteiger partial charge in [0.05, 0.1) is 5.41 Å². The van der Waals surface area contributed by atoms with Crippen molar-refractivity contribution in [3.8, 4) is 0 Å². The monoisotopic (exact) mass is 253 g/mol. The summed E-state index contributed by atoms with van der Waals surface area (Å²) >= 11 is 0. The van der Waals surface area contributed by atoms with Crippen LogP contribution in [-0.4, -0.2) is 55.0 Å². The van der Waals surface area contributed by atoms with Crippen molar-refractivity contribution in [3.05, 3.63) is 0 Å². The van der Waals surface area contributed by atoms with Crippen molar-refractivity contribution < 1.29 is 4.79 Å². The molecule has 0 spiro atoms. The topological polar surface area (TPSA) is 49.6 Å². The van der Waals surface area contributed by atoms with Gasteiger partial charge in [0.2, 0.25) is 5.91 Å². The highest BCUT2D eigenvalue weighted by Gasteiger charge is 2.35. The summed E-state index contributed by atoms with van der Waals surface area (Å²) in [6.45, 7) is 9.55. The Morgan fingerprint density at radius 2 is 1.89 bits per heavy atom. The van der Waals surface area contributed by atoms with Crippen molar-refractivity contribution in [1.29, 1.82) is 0 Å². The smallest absolute Gasteiger partial charge is 0.229 e. The van der Waals surface area contributed by atoms with E-state index >= 15 is 0 Å². The number of piperazine rings is 1. The average molecular weight is 253 g/mol. The SMILES string of the molecule is CCC(C)(CN)C(=O)N1CCN(CC2CC2)CC1. The molecule has 1 atom stereocenters. The molecule has 2 aliphatic rings. The van der Waals surface area contributed by atoms with Crippen molar-refractivity contribution >= 4 is 5.91 Å². The molecular formula is C14H27N3O. The minimum absolute atomic E-state index is 0.249. The van der Waals surface area contributed by atoms with E-state index < -0.39 is 0 Å². The molecule has 2 fully saturated rings. The number of hydrogen-bond acceptors (Lipinski definition) is 3. The number of rotatable bonds is 5. The molecule has 0 bridgehead atoms. The summed E-state index contributed by atoms with van der Waals surface area (Å²) in [6.07, 6.45) is 3.63. The summed E-state index contributed by atoms with van der Waals surface area (Å²) in [4.78, 5) is 17.0. The Kier molecular flexibility index (Phi) is 4.28. The number of amides is 1. The highest BCUT2D eigenvalue weighted by molar-refractivity contribution is 5.82. The van der Waals surface area contributed by atoms with E-state index in [4.69, 9.17) is 5.73 Å². The molecule has 0 aromatic carbocycles. The third-order valence-electron chi connectivity index (χ3n) is 4.62. The molecule has 104 valence electrons. The van der Waals surface area contributed by atoms with Gasteiger partial charge in [0.1, 0.15) is 0 Å². The van der Waals surface area contributed by atoms with Crippen LogP contribution in [0.3, 0.4) is 0 Å². The largest absolute Gasteiger partial charge is 0.340 e. The van der Waals surface area contributed by atoms with Crippen molar-refractivity contribution in [1.82, 2.24) is 9.80 Å². The van der Waals surface area contributed by atoms with Gasteiger partial charge in [-0.15, -0.1) is 0 Å². The molecule has 1 unspecified atom stereocenters. The third-order valence-corrected chi connectivity index (χ3v) is 4.62. The minimum Gasteiger partial charge on any atom is -0.340 e. The molecule has 4 nitrogen and oxygen atoms in total. The molecule has 1 aliphatic carbocycles. The molecule has 18 heavy (non-hydrogen) atoms. The Bertz CT molecular complexity index is 289. The Balaban J connectivity index is 1.82. The maximum absolute atomic E-state index is 12.5. The van der Waals surface area contributed by atoms with Crippen LogP contribution in [0.25, 0.3) is 0 Å². The van der Waals surface area contributed by atoms with E-state index in [9.17, 15) is 4.79 Å². The summed E-state index contributed by atoms with van der Waals surface area (Å²) in [6, 6.07) is 0. The van der Waals surface area contributed by atoms with Crippen LogP contribution in [0.1, 0.15) is 33.1 Å². The van der Waals surface area contributed by atoms with Crippen molar-refractivity contribution in [2.75, 3.05) is 39.3 Å². The van der Waals surface area contributed by atoms with E-state index in [-0.39, 0.29) is 11.3 Å². The fourth-order valence-corrected chi connectivity index (χ4v) is 2.56. The van der Waals surface area contributed by atoms with Gasteiger partial charge in [0.25, 0.3) is 0 Å². The van der Waals surface area contributed by atoms with Crippen molar-refractivity contribution in [3.63, 3.8) is 0 Å². The normalized spacial score (nSPS) is 24.9. The number of nitrogens with zero attached hydrogens (tertiary/aromatic N) is 2. The van der Waals surface area contributed by atoms with E-state index in [0.29, 0.717) is 6.54 Å². The lowest BCUT2D eigenvalue weighted by molar-refractivity contribution is -0.142. The van der Waals surface area contributed by atoms with Gasteiger partial charge in [-0.2, -0.15) is 0 Å². The Morgan fingerprint density at radius 3 is 2.33 bits per heavy atom. The molecule has 0 radical (unpaired) electrons. The maximum atomic E-state index is 12.5. The molecule has 2 N–H and O–H groups in total. The summed E-state index contributed by atoms with van der Waals surface area (Å²) in [5, 5.41) is 0. The zero-order valence-electron chi connectivity index (χ0n) is 11.8. The van der Waals surface area contributed by atoms with Crippen molar-refractivity contribution in [2.24, 2.45) is 17.1 Å². The number of carbonyl (C=O) groups excluding carboxylic acids is 1. The van der Waals surface area contributed by atoms with Crippen LogP contribution in [0.4, 0.5) is 0 Å². The maximum Gasteiger partial charge on any atom is 0.229 e. The van der Waals surface area contributed by atoms with Gasteiger partial charge in [-0.1, -0.05) is 6.92 Å². The zero-order valence-corrected chi connectivity index (χ0v) is 11.8. The summed E-state index contributed by atoms with van der Waals surface area (Å²) in [7, 11) is 0. The van der Waals surface area contributed by atoms with E-state index in [2.05, 4.69) is 4.90 Å². The molecule has 4 heteroatoms. The van der Waals surface area contributed by atoms with Gasteiger partial charge in [0.15, 0.2) is 0 Å². The summed E-state index contributed by atoms with van der Waals surface area (Å²) in [5.41, 5.74) is 5.41. The van der Waals surface area contributed by atoms with Gasteiger partial charge >= 0.3 is 0 Å².